The molecule has 6 nitrogen and oxygen atoms in total. The maximum Gasteiger partial charge on any atom is 0.340 e. The van der Waals surface area contributed by atoms with Crippen molar-refractivity contribution < 1.29 is 23.5 Å². The first-order valence-corrected chi connectivity index (χ1v) is 5.94. The van der Waals surface area contributed by atoms with E-state index in [1.54, 1.807) is 0 Å². The lowest BCUT2D eigenvalue weighted by atomic mass is 10.2. The number of hydrazine groups is 1. The number of carbonyl (C=O) groups is 3. The second-order valence-electron chi connectivity index (χ2n) is 3.55. The molecule has 0 saturated heterocycles. The maximum atomic E-state index is 13.2. The van der Waals surface area contributed by atoms with Crippen molar-refractivity contribution in [3.05, 3.63) is 33.6 Å². The molecule has 0 unspecified atom stereocenters. The number of nitrogens with one attached hydrogen (secondary N) is 2. The largest absolute Gasteiger partial charge is 0.452 e. The molecule has 2 N–H and O–H groups in total. The Balaban J connectivity index is 2.61. The fraction of sp³-hybridized carbons (Fsp3) is 0.182. The molecule has 0 radical (unpaired) electrons. The lowest BCUT2D eigenvalue weighted by Crippen LogP contribution is -2.42. The maximum absolute atomic E-state index is 13.2. The van der Waals surface area contributed by atoms with Crippen LogP contribution in [0.25, 0.3) is 0 Å². The number of benzene rings is 1. The summed E-state index contributed by atoms with van der Waals surface area (Å²) in [6, 6.07) is 1.85. The van der Waals surface area contributed by atoms with Crippen LogP contribution in [0.4, 0.5) is 4.39 Å². The van der Waals surface area contributed by atoms with Crippen molar-refractivity contribution in [2.75, 3.05) is 6.61 Å². The number of hydrogen-bond acceptors (Lipinski definition) is 4. The summed E-state index contributed by atoms with van der Waals surface area (Å²) in [4.78, 5) is 33.3. The number of rotatable bonds is 3. The van der Waals surface area contributed by atoms with Crippen LogP contribution >= 0.6 is 23.2 Å². The fourth-order valence-electron chi connectivity index (χ4n) is 1.08. The predicted molar refractivity (Wildman–Crippen MR) is 68.7 cm³/mol. The van der Waals surface area contributed by atoms with E-state index in [9.17, 15) is 18.8 Å². The lowest BCUT2D eigenvalue weighted by molar-refractivity contribution is -0.129. The Morgan fingerprint density at radius 1 is 1.20 bits per heavy atom. The third-order valence-corrected chi connectivity index (χ3v) is 2.54. The molecule has 0 aromatic heterocycles. The molecule has 0 atom stereocenters. The van der Waals surface area contributed by atoms with E-state index in [1.165, 1.54) is 6.92 Å². The topological polar surface area (TPSA) is 84.5 Å². The normalized spacial score (nSPS) is 9.80. The van der Waals surface area contributed by atoms with Gasteiger partial charge in [0.15, 0.2) is 6.61 Å². The van der Waals surface area contributed by atoms with Crippen molar-refractivity contribution in [1.82, 2.24) is 10.9 Å². The van der Waals surface area contributed by atoms with E-state index >= 15 is 0 Å². The fourth-order valence-corrected chi connectivity index (χ4v) is 1.54. The van der Waals surface area contributed by atoms with Crippen LogP contribution in [0.15, 0.2) is 12.1 Å². The molecular formula is C11H9Cl2FN2O4. The highest BCUT2D eigenvalue weighted by Crippen LogP contribution is 2.24. The van der Waals surface area contributed by atoms with Gasteiger partial charge in [0.2, 0.25) is 5.91 Å². The van der Waals surface area contributed by atoms with E-state index in [1.807, 2.05) is 10.9 Å². The van der Waals surface area contributed by atoms with Gasteiger partial charge in [-0.25, -0.2) is 9.18 Å². The van der Waals surface area contributed by atoms with Crippen LogP contribution < -0.4 is 10.9 Å². The zero-order valence-electron chi connectivity index (χ0n) is 10.1. The summed E-state index contributed by atoms with van der Waals surface area (Å²) in [5, 5.41) is -0.348. The molecule has 0 bridgehead atoms. The summed E-state index contributed by atoms with van der Waals surface area (Å²) >= 11 is 11.2. The molecule has 0 fully saturated rings. The molecular weight excluding hydrogens is 314 g/mol. The van der Waals surface area contributed by atoms with Crippen molar-refractivity contribution in [3.63, 3.8) is 0 Å². The van der Waals surface area contributed by atoms with Crippen LogP contribution in [0.1, 0.15) is 17.3 Å². The number of hydrogen-bond donors (Lipinski definition) is 2. The minimum Gasteiger partial charge on any atom is -0.452 e. The highest BCUT2D eigenvalue weighted by molar-refractivity contribution is 6.36. The first-order chi connectivity index (χ1) is 9.31. The molecule has 0 spiro atoms. The number of esters is 1. The smallest absolute Gasteiger partial charge is 0.340 e. The minimum absolute atomic E-state index is 0.108. The van der Waals surface area contributed by atoms with E-state index in [-0.39, 0.29) is 15.6 Å². The molecule has 1 aromatic rings. The molecule has 0 aliphatic heterocycles. The highest BCUT2D eigenvalue weighted by atomic mass is 35.5. The number of amides is 2. The van der Waals surface area contributed by atoms with Gasteiger partial charge >= 0.3 is 5.97 Å². The Bertz CT molecular complexity index is 566. The van der Waals surface area contributed by atoms with Crippen LogP contribution in [0.5, 0.6) is 0 Å². The van der Waals surface area contributed by atoms with Crippen molar-refractivity contribution in [2.24, 2.45) is 0 Å². The molecule has 1 rings (SSSR count). The summed E-state index contributed by atoms with van der Waals surface area (Å²) in [7, 11) is 0. The van der Waals surface area contributed by atoms with Crippen LogP contribution in [0, 0.1) is 5.82 Å². The predicted octanol–water partition coefficient (Wildman–Crippen LogP) is 1.46. The van der Waals surface area contributed by atoms with E-state index in [4.69, 9.17) is 23.2 Å². The first-order valence-electron chi connectivity index (χ1n) is 5.18. The molecule has 108 valence electrons. The Morgan fingerprint density at radius 3 is 2.45 bits per heavy atom. The van der Waals surface area contributed by atoms with Gasteiger partial charge in [0, 0.05) is 6.92 Å². The number of carbonyl (C=O) groups excluding carboxylic acids is 3. The van der Waals surface area contributed by atoms with Crippen LogP contribution in [-0.2, 0) is 14.3 Å². The summed E-state index contributed by atoms with van der Waals surface area (Å²) in [6.07, 6.45) is 0. The summed E-state index contributed by atoms with van der Waals surface area (Å²) in [5.41, 5.74) is 3.72. The summed E-state index contributed by atoms with van der Waals surface area (Å²) < 4.78 is 17.8. The van der Waals surface area contributed by atoms with Crippen molar-refractivity contribution in [3.8, 4) is 0 Å². The second-order valence-corrected chi connectivity index (χ2v) is 4.37. The third kappa shape index (κ3) is 4.67. The van der Waals surface area contributed by atoms with Gasteiger partial charge in [-0.3, -0.25) is 20.4 Å². The molecule has 0 heterocycles. The molecule has 9 heteroatoms. The number of halogens is 3. The average molecular weight is 323 g/mol. The van der Waals surface area contributed by atoms with E-state index in [0.717, 1.165) is 12.1 Å². The van der Waals surface area contributed by atoms with E-state index < -0.39 is 30.2 Å². The van der Waals surface area contributed by atoms with Gasteiger partial charge in [0.25, 0.3) is 5.91 Å². The van der Waals surface area contributed by atoms with Gasteiger partial charge in [0.1, 0.15) is 5.82 Å². The summed E-state index contributed by atoms with van der Waals surface area (Å²) in [5.74, 6) is -3.10. The van der Waals surface area contributed by atoms with Crippen molar-refractivity contribution >= 4 is 41.0 Å². The third-order valence-electron chi connectivity index (χ3n) is 1.94. The van der Waals surface area contributed by atoms with E-state index in [0.29, 0.717) is 0 Å². The lowest BCUT2D eigenvalue weighted by Gasteiger charge is -2.08. The molecule has 20 heavy (non-hydrogen) atoms. The molecule has 0 aliphatic carbocycles. The molecule has 1 aromatic carbocycles. The Hall–Kier alpha value is -1.86. The SMILES string of the molecule is CC(=O)NNC(=O)COC(=O)c1cc(F)c(Cl)cc1Cl. The van der Waals surface area contributed by atoms with Crippen molar-refractivity contribution in [2.45, 2.75) is 6.92 Å². The van der Waals surface area contributed by atoms with Crippen LogP contribution in [0.2, 0.25) is 10.0 Å². The van der Waals surface area contributed by atoms with Crippen molar-refractivity contribution in [1.29, 1.82) is 0 Å². The van der Waals surface area contributed by atoms with Gasteiger partial charge < -0.3 is 4.74 Å². The molecule has 2 amide bonds. The summed E-state index contributed by atoms with van der Waals surface area (Å²) in [6.45, 7) is 0.516. The second kappa shape index (κ2) is 7.06. The zero-order chi connectivity index (χ0) is 15.3. The van der Waals surface area contributed by atoms with Crippen LogP contribution in [-0.4, -0.2) is 24.4 Å². The average Bonchev–Trinajstić information content (AvgIpc) is 2.37. The van der Waals surface area contributed by atoms with Gasteiger partial charge in [-0.15, -0.1) is 0 Å². The van der Waals surface area contributed by atoms with Gasteiger partial charge in [0.05, 0.1) is 15.6 Å². The highest BCUT2D eigenvalue weighted by Gasteiger charge is 2.16. The van der Waals surface area contributed by atoms with Gasteiger partial charge in [-0.1, -0.05) is 23.2 Å². The van der Waals surface area contributed by atoms with Crippen LogP contribution in [0.3, 0.4) is 0 Å². The Labute approximate surface area is 123 Å². The first kappa shape index (κ1) is 16.2. The van der Waals surface area contributed by atoms with Gasteiger partial charge in [-0.2, -0.15) is 0 Å². The quantitative estimate of drug-likeness (QED) is 0.501. The van der Waals surface area contributed by atoms with E-state index in [2.05, 4.69) is 4.74 Å². The van der Waals surface area contributed by atoms with Gasteiger partial charge in [-0.05, 0) is 12.1 Å². The molecule has 0 aliphatic rings. The Kier molecular flexibility index (Phi) is 5.72. The minimum atomic E-state index is -0.997. The monoisotopic (exact) mass is 322 g/mol. The number of ether oxygens (including phenoxy) is 1. The Morgan fingerprint density at radius 2 is 1.85 bits per heavy atom. The standard InChI is InChI=1S/C11H9Cl2FN2O4/c1-5(17)15-16-10(18)4-20-11(19)6-2-9(14)8(13)3-7(6)12/h2-3H,4H2,1H3,(H,15,17)(H,16,18). The zero-order valence-corrected chi connectivity index (χ0v) is 11.6. The molecule has 0 saturated carbocycles.